The molecule has 0 aromatic heterocycles. The van der Waals surface area contributed by atoms with Gasteiger partial charge in [-0.2, -0.15) is 0 Å². The van der Waals surface area contributed by atoms with Crippen molar-refractivity contribution in [3.63, 3.8) is 0 Å². The standard InChI is InChI=1S/C10H13NO7/c12-7(4-5-9(15)16)11-6(10(17)18)2-1-3-8(13)14/h4-6H,1-3H2,(H,11,12)(H,13,14)(H,15,16)(H,17,18). The minimum Gasteiger partial charge on any atom is -0.481 e. The summed E-state index contributed by atoms with van der Waals surface area (Å²) in [6.07, 6.45) is 1.11. The molecule has 8 heteroatoms. The van der Waals surface area contributed by atoms with Crippen LogP contribution in [-0.4, -0.2) is 45.2 Å². The van der Waals surface area contributed by atoms with Crippen molar-refractivity contribution < 1.29 is 34.5 Å². The van der Waals surface area contributed by atoms with Gasteiger partial charge in [-0.05, 0) is 12.8 Å². The number of amides is 1. The average Bonchev–Trinajstić information content (AvgIpc) is 2.24. The molecule has 0 rings (SSSR count). The molecule has 0 bridgehead atoms. The molecule has 4 N–H and O–H groups in total. The summed E-state index contributed by atoms with van der Waals surface area (Å²) in [5.74, 6) is -4.56. The number of aliphatic carboxylic acids is 3. The zero-order valence-corrected chi connectivity index (χ0v) is 9.33. The van der Waals surface area contributed by atoms with Gasteiger partial charge in [0.15, 0.2) is 0 Å². The van der Waals surface area contributed by atoms with Crippen LogP contribution in [0.15, 0.2) is 12.2 Å². The third-order valence-electron chi connectivity index (χ3n) is 1.88. The fourth-order valence-electron chi connectivity index (χ4n) is 1.08. The molecular weight excluding hydrogens is 246 g/mol. The van der Waals surface area contributed by atoms with Gasteiger partial charge < -0.3 is 20.6 Å². The molecule has 0 aromatic carbocycles. The van der Waals surface area contributed by atoms with Crippen LogP contribution in [0.3, 0.4) is 0 Å². The smallest absolute Gasteiger partial charge is 0.328 e. The molecule has 0 heterocycles. The topological polar surface area (TPSA) is 141 Å². The van der Waals surface area contributed by atoms with Crippen molar-refractivity contribution in [2.24, 2.45) is 0 Å². The zero-order chi connectivity index (χ0) is 14.1. The molecule has 0 saturated heterocycles. The van der Waals surface area contributed by atoms with E-state index in [2.05, 4.69) is 5.32 Å². The Labute approximate surface area is 102 Å². The van der Waals surface area contributed by atoms with E-state index in [-0.39, 0.29) is 19.3 Å². The minimum atomic E-state index is -1.33. The molecule has 1 unspecified atom stereocenters. The van der Waals surface area contributed by atoms with Gasteiger partial charge in [-0.1, -0.05) is 0 Å². The van der Waals surface area contributed by atoms with Crippen LogP contribution in [0.1, 0.15) is 19.3 Å². The lowest BCUT2D eigenvalue weighted by Crippen LogP contribution is -2.40. The third kappa shape index (κ3) is 7.85. The maximum atomic E-state index is 11.1. The normalized spacial score (nSPS) is 12.0. The lowest BCUT2D eigenvalue weighted by molar-refractivity contribution is -0.142. The van der Waals surface area contributed by atoms with Gasteiger partial charge in [-0.3, -0.25) is 9.59 Å². The molecule has 1 amide bonds. The van der Waals surface area contributed by atoms with Crippen molar-refractivity contribution in [3.8, 4) is 0 Å². The van der Waals surface area contributed by atoms with Gasteiger partial charge in [-0.25, -0.2) is 9.59 Å². The molecule has 0 saturated carbocycles. The molecule has 1 atom stereocenters. The second kappa shape index (κ2) is 7.82. The first-order valence-corrected chi connectivity index (χ1v) is 4.99. The summed E-state index contributed by atoms with van der Waals surface area (Å²) >= 11 is 0. The van der Waals surface area contributed by atoms with Crippen LogP contribution in [-0.2, 0) is 19.2 Å². The minimum absolute atomic E-state index is 0.0473. The molecule has 0 spiro atoms. The Bertz CT molecular complexity index is 374. The highest BCUT2D eigenvalue weighted by Gasteiger charge is 2.18. The van der Waals surface area contributed by atoms with Crippen LogP contribution < -0.4 is 5.32 Å². The Morgan fingerprint density at radius 3 is 2.11 bits per heavy atom. The highest BCUT2D eigenvalue weighted by atomic mass is 16.4. The third-order valence-corrected chi connectivity index (χ3v) is 1.88. The molecule has 0 radical (unpaired) electrons. The first kappa shape index (κ1) is 15.6. The lowest BCUT2D eigenvalue weighted by Gasteiger charge is -2.12. The first-order chi connectivity index (χ1) is 8.32. The molecule has 0 fully saturated rings. The van der Waals surface area contributed by atoms with Crippen LogP contribution in [0.5, 0.6) is 0 Å². The number of carbonyl (C=O) groups is 4. The fraction of sp³-hybridized carbons (Fsp3) is 0.400. The van der Waals surface area contributed by atoms with E-state index in [1.807, 2.05) is 0 Å². The van der Waals surface area contributed by atoms with E-state index in [9.17, 15) is 19.2 Å². The van der Waals surface area contributed by atoms with Gasteiger partial charge in [0.25, 0.3) is 0 Å². The molecular formula is C10H13NO7. The van der Waals surface area contributed by atoms with Crippen molar-refractivity contribution in [3.05, 3.63) is 12.2 Å². The largest absolute Gasteiger partial charge is 0.481 e. The Balaban J connectivity index is 4.27. The Morgan fingerprint density at radius 1 is 1.06 bits per heavy atom. The fourth-order valence-corrected chi connectivity index (χ4v) is 1.08. The van der Waals surface area contributed by atoms with E-state index < -0.39 is 29.9 Å². The number of carbonyl (C=O) groups excluding carboxylic acids is 1. The van der Waals surface area contributed by atoms with Gasteiger partial charge in [0, 0.05) is 18.6 Å². The molecule has 0 aliphatic rings. The number of hydrogen-bond donors (Lipinski definition) is 4. The SMILES string of the molecule is O=C(O)C=CC(=O)NC(CCCC(=O)O)C(=O)O. The van der Waals surface area contributed by atoms with Crippen molar-refractivity contribution in [2.75, 3.05) is 0 Å². The predicted octanol–water partition coefficient (Wildman–Crippen LogP) is -0.549. The van der Waals surface area contributed by atoms with Crippen LogP contribution in [0, 0.1) is 0 Å². The second-order valence-corrected chi connectivity index (χ2v) is 3.36. The van der Waals surface area contributed by atoms with Gasteiger partial charge in [0.2, 0.25) is 5.91 Å². The van der Waals surface area contributed by atoms with E-state index in [0.29, 0.717) is 12.2 Å². The van der Waals surface area contributed by atoms with Gasteiger partial charge in [-0.15, -0.1) is 0 Å². The van der Waals surface area contributed by atoms with Gasteiger partial charge in [0.1, 0.15) is 6.04 Å². The molecule has 18 heavy (non-hydrogen) atoms. The molecule has 100 valence electrons. The summed E-state index contributed by atoms with van der Waals surface area (Å²) in [5.41, 5.74) is 0. The van der Waals surface area contributed by atoms with Crippen LogP contribution >= 0.6 is 0 Å². The number of carboxylic acid groups (broad SMARTS) is 3. The van der Waals surface area contributed by atoms with Gasteiger partial charge >= 0.3 is 17.9 Å². The maximum Gasteiger partial charge on any atom is 0.328 e. The summed E-state index contributed by atoms with van der Waals surface area (Å²) in [5, 5.41) is 27.5. The van der Waals surface area contributed by atoms with Gasteiger partial charge in [0.05, 0.1) is 0 Å². The maximum absolute atomic E-state index is 11.1. The Kier molecular flexibility index (Phi) is 6.79. The summed E-state index contributed by atoms with van der Waals surface area (Å²) in [4.78, 5) is 42.2. The zero-order valence-electron chi connectivity index (χ0n) is 9.33. The Hall–Kier alpha value is -2.38. The monoisotopic (exact) mass is 259 g/mol. The van der Waals surface area contributed by atoms with E-state index in [4.69, 9.17) is 15.3 Å². The summed E-state index contributed by atoms with van der Waals surface area (Å²) in [6, 6.07) is -1.24. The van der Waals surface area contributed by atoms with E-state index >= 15 is 0 Å². The molecule has 0 aliphatic heterocycles. The highest BCUT2D eigenvalue weighted by Crippen LogP contribution is 2.01. The number of nitrogens with one attached hydrogen (secondary N) is 1. The van der Waals surface area contributed by atoms with Crippen molar-refractivity contribution in [2.45, 2.75) is 25.3 Å². The van der Waals surface area contributed by atoms with Crippen LogP contribution in [0.4, 0.5) is 0 Å². The molecule has 8 nitrogen and oxygen atoms in total. The van der Waals surface area contributed by atoms with Crippen molar-refractivity contribution >= 4 is 23.8 Å². The van der Waals surface area contributed by atoms with Crippen molar-refractivity contribution in [1.82, 2.24) is 5.32 Å². The lowest BCUT2D eigenvalue weighted by atomic mass is 10.1. The second-order valence-electron chi connectivity index (χ2n) is 3.36. The van der Waals surface area contributed by atoms with E-state index in [1.165, 1.54) is 0 Å². The van der Waals surface area contributed by atoms with Crippen molar-refractivity contribution in [1.29, 1.82) is 0 Å². The molecule has 0 aromatic rings. The number of hydrogen-bond acceptors (Lipinski definition) is 4. The number of rotatable bonds is 8. The van der Waals surface area contributed by atoms with Crippen LogP contribution in [0.2, 0.25) is 0 Å². The number of carboxylic acids is 3. The predicted molar refractivity (Wildman–Crippen MR) is 57.8 cm³/mol. The average molecular weight is 259 g/mol. The Morgan fingerprint density at radius 2 is 1.67 bits per heavy atom. The van der Waals surface area contributed by atoms with E-state index in [1.54, 1.807) is 0 Å². The quantitative estimate of drug-likeness (QED) is 0.428. The summed E-state index contributed by atoms with van der Waals surface area (Å²) < 4.78 is 0. The molecule has 0 aliphatic carbocycles. The van der Waals surface area contributed by atoms with Crippen LogP contribution in [0.25, 0.3) is 0 Å². The first-order valence-electron chi connectivity index (χ1n) is 4.99. The highest BCUT2D eigenvalue weighted by molar-refractivity contribution is 5.95. The summed E-state index contributed by atoms with van der Waals surface area (Å²) in [6.45, 7) is 0. The summed E-state index contributed by atoms with van der Waals surface area (Å²) in [7, 11) is 0. The van der Waals surface area contributed by atoms with E-state index in [0.717, 1.165) is 0 Å².